The summed E-state index contributed by atoms with van der Waals surface area (Å²) in [5.41, 5.74) is 1.26. The van der Waals surface area contributed by atoms with Crippen LogP contribution in [0.5, 0.6) is 0 Å². The molecule has 1 aromatic carbocycles. The number of methoxy groups -OCH3 is 2. The minimum absolute atomic E-state index is 0.368. The van der Waals surface area contributed by atoms with Gasteiger partial charge in [0.25, 0.3) is 0 Å². The summed E-state index contributed by atoms with van der Waals surface area (Å²) < 4.78 is 10.3. The van der Waals surface area contributed by atoms with Crippen LogP contribution in [0.15, 0.2) is 28.9 Å². The predicted octanol–water partition coefficient (Wildman–Crippen LogP) is 2.85. The van der Waals surface area contributed by atoms with Crippen molar-refractivity contribution in [1.82, 2.24) is 0 Å². The topological polar surface area (TPSA) is 35.5 Å². The van der Waals surface area contributed by atoms with Crippen LogP contribution in [-0.2, 0) is 9.47 Å². The Morgan fingerprint density at radius 2 is 2.13 bits per heavy atom. The van der Waals surface area contributed by atoms with Crippen molar-refractivity contribution in [3.63, 3.8) is 0 Å². The van der Waals surface area contributed by atoms with Crippen molar-refractivity contribution in [3.05, 3.63) is 40.1 Å². The number of hydrogen-bond donors (Lipinski definition) is 0. The summed E-state index contributed by atoms with van der Waals surface area (Å²) >= 11 is 3.30. The molecule has 0 saturated heterocycles. The highest BCUT2D eigenvalue weighted by Crippen LogP contribution is 2.18. The molecule has 0 aliphatic heterocycles. The van der Waals surface area contributed by atoms with Crippen LogP contribution in [0.1, 0.15) is 15.9 Å². The zero-order chi connectivity index (χ0) is 11.3. The van der Waals surface area contributed by atoms with Gasteiger partial charge in [-0.15, -0.1) is 0 Å². The molecule has 1 aromatic rings. The minimum Gasteiger partial charge on any atom is -0.504 e. The van der Waals surface area contributed by atoms with Gasteiger partial charge in [-0.3, -0.25) is 0 Å². The molecule has 0 spiro atoms. The van der Waals surface area contributed by atoms with Crippen LogP contribution in [0.4, 0.5) is 0 Å². The molecule has 3 nitrogen and oxygen atoms in total. The summed E-state index contributed by atoms with van der Waals surface area (Å²) in [4.78, 5) is 11.4. The minimum atomic E-state index is -0.368. The van der Waals surface area contributed by atoms with Crippen LogP contribution in [0.2, 0.25) is 0 Å². The first kappa shape index (κ1) is 11.8. The second-order valence-corrected chi connectivity index (χ2v) is 3.68. The van der Waals surface area contributed by atoms with E-state index in [9.17, 15) is 4.79 Å². The molecule has 0 atom stereocenters. The predicted molar refractivity (Wildman–Crippen MR) is 61.5 cm³/mol. The van der Waals surface area contributed by atoms with E-state index in [-0.39, 0.29) is 5.97 Å². The number of rotatable bonds is 3. The van der Waals surface area contributed by atoms with E-state index in [0.29, 0.717) is 5.56 Å². The fourth-order valence-corrected chi connectivity index (χ4v) is 1.46. The van der Waals surface area contributed by atoms with E-state index in [2.05, 4.69) is 20.7 Å². The maximum Gasteiger partial charge on any atom is 0.338 e. The van der Waals surface area contributed by atoms with Gasteiger partial charge in [0.15, 0.2) is 0 Å². The molecule has 1 rings (SSSR count). The molecule has 4 heteroatoms. The van der Waals surface area contributed by atoms with E-state index in [1.54, 1.807) is 19.3 Å². The number of hydrogen-bond acceptors (Lipinski definition) is 3. The summed E-state index contributed by atoms with van der Waals surface area (Å²) in [5, 5.41) is 0. The van der Waals surface area contributed by atoms with E-state index in [1.807, 2.05) is 12.1 Å². The Kier molecular flexibility index (Phi) is 4.37. The zero-order valence-corrected chi connectivity index (χ0v) is 10.1. The molecule has 0 bridgehead atoms. The second-order valence-electron chi connectivity index (χ2n) is 2.76. The van der Waals surface area contributed by atoms with Gasteiger partial charge in [-0.25, -0.2) is 4.79 Å². The largest absolute Gasteiger partial charge is 0.504 e. The average Bonchev–Trinajstić information content (AvgIpc) is 2.26. The lowest BCUT2D eigenvalue weighted by Crippen LogP contribution is -2.03. The van der Waals surface area contributed by atoms with Gasteiger partial charge < -0.3 is 9.47 Å². The first-order valence-corrected chi connectivity index (χ1v) is 5.05. The van der Waals surface area contributed by atoms with Crippen LogP contribution in [0.25, 0.3) is 6.08 Å². The molecular formula is C11H11BrO3. The molecule has 0 unspecified atom stereocenters. The molecule has 0 fully saturated rings. The highest BCUT2D eigenvalue weighted by molar-refractivity contribution is 9.10. The summed E-state index contributed by atoms with van der Waals surface area (Å²) in [6, 6.07) is 5.37. The monoisotopic (exact) mass is 270 g/mol. The Morgan fingerprint density at radius 3 is 2.73 bits per heavy atom. The number of carbonyl (C=O) groups is 1. The van der Waals surface area contributed by atoms with Gasteiger partial charge in [0.2, 0.25) is 0 Å². The van der Waals surface area contributed by atoms with Gasteiger partial charge in [-0.05, 0) is 23.8 Å². The van der Waals surface area contributed by atoms with Gasteiger partial charge in [0.1, 0.15) is 0 Å². The Labute approximate surface area is 96.8 Å². The Morgan fingerprint density at radius 1 is 1.40 bits per heavy atom. The number of esters is 1. The number of halogens is 1. The Hall–Kier alpha value is -1.29. The molecule has 0 N–H and O–H groups in total. The summed E-state index contributed by atoms with van der Waals surface area (Å²) in [5.74, 6) is -0.368. The van der Waals surface area contributed by atoms with Crippen LogP contribution >= 0.6 is 15.9 Å². The van der Waals surface area contributed by atoms with Crippen molar-refractivity contribution in [1.29, 1.82) is 0 Å². The van der Waals surface area contributed by atoms with Crippen LogP contribution in [-0.4, -0.2) is 20.2 Å². The molecule has 0 radical (unpaired) electrons. The molecular weight excluding hydrogens is 260 g/mol. The molecule has 15 heavy (non-hydrogen) atoms. The van der Waals surface area contributed by atoms with Gasteiger partial charge in [0, 0.05) is 4.47 Å². The number of benzene rings is 1. The molecule has 0 heterocycles. The van der Waals surface area contributed by atoms with Crippen LogP contribution in [0.3, 0.4) is 0 Å². The number of carbonyl (C=O) groups excluding carboxylic acids is 1. The fourth-order valence-electron chi connectivity index (χ4n) is 1.10. The third-order valence-corrected chi connectivity index (χ3v) is 2.30. The van der Waals surface area contributed by atoms with Gasteiger partial charge in [-0.2, -0.15) is 0 Å². The van der Waals surface area contributed by atoms with Gasteiger partial charge in [0.05, 0.1) is 26.0 Å². The third kappa shape index (κ3) is 3.09. The molecule has 0 saturated carbocycles. The zero-order valence-electron chi connectivity index (χ0n) is 8.49. The lowest BCUT2D eigenvalue weighted by molar-refractivity contribution is 0.0600. The smallest absolute Gasteiger partial charge is 0.338 e. The van der Waals surface area contributed by atoms with Crippen LogP contribution in [0, 0.1) is 0 Å². The van der Waals surface area contributed by atoms with E-state index in [4.69, 9.17) is 4.74 Å². The van der Waals surface area contributed by atoms with Crippen molar-refractivity contribution in [2.45, 2.75) is 0 Å². The first-order chi connectivity index (χ1) is 7.19. The summed E-state index contributed by atoms with van der Waals surface area (Å²) in [7, 11) is 2.90. The van der Waals surface area contributed by atoms with Crippen molar-refractivity contribution in [2.75, 3.05) is 14.2 Å². The quantitative estimate of drug-likeness (QED) is 0.626. The lowest BCUT2D eigenvalue weighted by Gasteiger charge is -2.04. The average molecular weight is 271 g/mol. The van der Waals surface area contributed by atoms with Crippen LogP contribution < -0.4 is 0 Å². The van der Waals surface area contributed by atoms with E-state index in [0.717, 1.165) is 10.0 Å². The summed E-state index contributed by atoms with van der Waals surface area (Å²) in [6.45, 7) is 0. The van der Waals surface area contributed by atoms with Crippen molar-refractivity contribution >= 4 is 28.0 Å². The molecule has 0 aliphatic rings. The van der Waals surface area contributed by atoms with E-state index < -0.39 is 0 Å². The normalized spacial score (nSPS) is 10.3. The Balaban J connectivity index is 3.14. The third-order valence-electron chi connectivity index (χ3n) is 1.80. The maximum absolute atomic E-state index is 11.4. The lowest BCUT2D eigenvalue weighted by atomic mass is 10.1. The van der Waals surface area contributed by atoms with Crippen molar-refractivity contribution < 1.29 is 14.3 Å². The SMILES string of the molecule is COC=Cc1ccc(Br)cc1C(=O)OC. The van der Waals surface area contributed by atoms with E-state index in [1.165, 1.54) is 13.4 Å². The molecule has 80 valence electrons. The first-order valence-electron chi connectivity index (χ1n) is 4.26. The van der Waals surface area contributed by atoms with Gasteiger partial charge >= 0.3 is 5.97 Å². The van der Waals surface area contributed by atoms with Crippen molar-refractivity contribution in [3.8, 4) is 0 Å². The standard InChI is InChI=1S/C11H11BrO3/c1-14-6-5-8-3-4-9(12)7-10(8)11(13)15-2/h3-7H,1-2H3. The maximum atomic E-state index is 11.4. The Bertz CT molecular complexity index is 385. The number of ether oxygens (including phenoxy) is 2. The fraction of sp³-hybridized carbons (Fsp3) is 0.182. The second kappa shape index (κ2) is 5.56. The molecule has 0 aliphatic carbocycles. The van der Waals surface area contributed by atoms with Crippen molar-refractivity contribution in [2.24, 2.45) is 0 Å². The highest BCUT2D eigenvalue weighted by Gasteiger charge is 2.10. The van der Waals surface area contributed by atoms with E-state index >= 15 is 0 Å². The van der Waals surface area contributed by atoms with Gasteiger partial charge in [-0.1, -0.05) is 22.0 Å². The summed E-state index contributed by atoms with van der Waals surface area (Å²) in [6.07, 6.45) is 3.22. The molecule has 0 aromatic heterocycles. The molecule has 0 amide bonds. The highest BCUT2D eigenvalue weighted by atomic mass is 79.9.